The van der Waals surface area contributed by atoms with Gasteiger partial charge in [-0.15, -0.1) is 0 Å². The number of guanidine groups is 1. The first-order valence-electron chi connectivity index (χ1n) is 8.61. The van der Waals surface area contributed by atoms with Crippen molar-refractivity contribution in [1.82, 2.24) is 16.0 Å². The number of aliphatic imine (C=N–C) groups is 1. The molecule has 2 rings (SSSR count). The zero-order chi connectivity index (χ0) is 17.7. The van der Waals surface area contributed by atoms with Gasteiger partial charge in [0, 0.05) is 32.2 Å². The predicted molar refractivity (Wildman–Crippen MR) is 103 cm³/mol. The summed E-state index contributed by atoms with van der Waals surface area (Å²) in [5, 5.41) is 9.47. The Morgan fingerprint density at radius 1 is 0.840 bits per heavy atom. The van der Waals surface area contributed by atoms with Crippen LogP contribution >= 0.6 is 0 Å². The van der Waals surface area contributed by atoms with Crippen molar-refractivity contribution in [1.29, 1.82) is 0 Å². The largest absolute Gasteiger partial charge is 0.356 e. The summed E-state index contributed by atoms with van der Waals surface area (Å²) in [7, 11) is 1.76. The van der Waals surface area contributed by atoms with Gasteiger partial charge < -0.3 is 16.0 Å². The molecule has 0 unspecified atom stereocenters. The molecule has 1 amide bonds. The van der Waals surface area contributed by atoms with Gasteiger partial charge >= 0.3 is 0 Å². The summed E-state index contributed by atoms with van der Waals surface area (Å²) in [5.74, 6) is 0.747. The van der Waals surface area contributed by atoms with Gasteiger partial charge in [-0.25, -0.2) is 0 Å². The minimum absolute atomic E-state index is 0.0361. The molecule has 0 atom stereocenters. The SMILES string of the molecule is CN=C(NCCCNC(=O)c1ccccc1)NCCc1ccccc1. The van der Waals surface area contributed by atoms with Crippen LogP contribution in [0.1, 0.15) is 22.3 Å². The van der Waals surface area contributed by atoms with Gasteiger partial charge in [0.25, 0.3) is 5.91 Å². The molecule has 25 heavy (non-hydrogen) atoms. The van der Waals surface area contributed by atoms with Gasteiger partial charge in [0.05, 0.1) is 0 Å². The Bertz CT molecular complexity index is 656. The topological polar surface area (TPSA) is 65.5 Å². The summed E-state index contributed by atoms with van der Waals surface area (Å²) >= 11 is 0. The molecule has 0 saturated heterocycles. The number of carbonyl (C=O) groups is 1. The van der Waals surface area contributed by atoms with Crippen LogP contribution < -0.4 is 16.0 Å². The van der Waals surface area contributed by atoms with Crippen molar-refractivity contribution in [2.45, 2.75) is 12.8 Å². The zero-order valence-electron chi connectivity index (χ0n) is 14.7. The first kappa shape index (κ1) is 18.5. The molecule has 0 fully saturated rings. The van der Waals surface area contributed by atoms with E-state index in [9.17, 15) is 4.79 Å². The third kappa shape index (κ3) is 7.08. The third-order valence-corrected chi connectivity index (χ3v) is 3.74. The Kier molecular flexibility index (Phi) is 8.05. The minimum atomic E-state index is -0.0361. The summed E-state index contributed by atoms with van der Waals surface area (Å²) in [6.07, 6.45) is 1.78. The summed E-state index contributed by atoms with van der Waals surface area (Å²) < 4.78 is 0. The number of carbonyl (C=O) groups excluding carboxylic acids is 1. The molecular formula is C20H26N4O. The second-order valence-electron chi connectivity index (χ2n) is 5.64. The number of nitrogens with zero attached hydrogens (tertiary/aromatic N) is 1. The average Bonchev–Trinajstić information content (AvgIpc) is 2.67. The van der Waals surface area contributed by atoms with Gasteiger partial charge in [0.1, 0.15) is 0 Å². The highest BCUT2D eigenvalue weighted by Gasteiger charge is 2.03. The third-order valence-electron chi connectivity index (χ3n) is 3.74. The van der Waals surface area contributed by atoms with Crippen molar-refractivity contribution in [3.63, 3.8) is 0 Å². The number of rotatable bonds is 8. The number of benzene rings is 2. The number of hydrogen-bond acceptors (Lipinski definition) is 2. The van der Waals surface area contributed by atoms with E-state index >= 15 is 0 Å². The fraction of sp³-hybridized carbons (Fsp3) is 0.300. The molecule has 0 aliphatic carbocycles. The molecule has 0 aromatic heterocycles. The van der Waals surface area contributed by atoms with Crippen LogP contribution in [-0.2, 0) is 6.42 Å². The lowest BCUT2D eigenvalue weighted by Crippen LogP contribution is -2.39. The molecular weight excluding hydrogens is 312 g/mol. The van der Waals surface area contributed by atoms with Crippen molar-refractivity contribution in [3.05, 3.63) is 71.8 Å². The predicted octanol–water partition coefficient (Wildman–Crippen LogP) is 2.21. The maximum absolute atomic E-state index is 11.9. The van der Waals surface area contributed by atoms with Crippen molar-refractivity contribution >= 4 is 11.9 Å². The van der Waals surface area contributed by atoms with Crippen LogP contribution in [0.3, 0.4) is 0 Å². The van der Waals surface area contributed by atoms with E-state index in [4.69, 9.17) is 0 Å². The Labute approximate surface area is 149 Å². The highest BCUT2D eigenvalue weighted by molar-refractivity contribution is 5.94. The fourth-order valence-electron chi connectivity index (χ4n) is 2.38. The van der Waals surface area contributed by atoms with E-state index in [0.29, 0.717) is 12.1 Å². The monoisotopic (exact) mass is 338 g/mol. The second-order valence-corrected chi connectivity index (χ2v) is 5.64. The molecule has 132 valence electrons. The van der Waals surface area contributed by atoms with Gasteiger partial charge in [-0.05, 0) is 30.5 Å². The average molecular weight is 338 g/mol. The molecule has 0 bridgehead atoms. The molecule has 5 nitrogen and oxygen atoms in total. The lowest BCUT2D eigenvalue weighted by atomic mass is 10.1. The van der Waals surface area contributed by atoms with E-state index in [1.54, 1.807) is 7.05 Å². The van der Waals surface area contributed by atoms with Crippen molar-refractivity contribution in [2.24, 2.45) is 4.99 Å². The molecule has 2 aromatic rings. The molecule has 0 spiro atoms. The number of nitrogens with one attached hydrogen (secondary N) is 3. The molecule has 3 N–H and O–H groups in total. The molecule has 0 heterocycles. The van der Waals surface area contributed by atoms with Gasteiger partial charge in [0.15, 0.2) is 5.96 Å². The zero-order valence-corrected chi connectivity index (χ0v) is 14.7. The summed E-state index contributed by atoms with van der Waals surface area (Å²) in [6, 6.07) is 19.6. The minimum Gasteiger partial charge on any atom is -0.356 e. The number of amides is 1. The molecule has 0 radical (unpaired) electrons. The first-order valence-corrected chi connectivity index (χ1v) is 8.61. The van der Waals surface area contributed by atoms with Crippen LogP contribution in [0.25, 0.3) is 0 Å². The van der Waals surface area contributed by atoms with E-state index in [1.807, 2.05) is 48.5 Å². The maximum atomic E-state index is 11.9. The van der Waals surface area contributed by atoms with Crippen molar-refractivity contribution in [3.8, 4) is 0 Å². The highest BCUT2D eigenvalue weighted by atomic mass is 16.1. The molecule has 2 aromatic carbocycles. The summed E-state index contributed by atoms with van der Waals surface area (Å²) in [6.45, 7) is 2.20. The van der Waals surface area contributed by atoms with Gasteiger partial charge in [-0.3, -0.25) is 9.79 Å². The Morgan fingerprint density at radius 2 is 1.44 bits per heavy atom. The van der Waals surface area contributed by atoms with Crippen LogP contribution in [0.15, 0.2) is 65.7 Å². The standard InChI is InChI=1S/C20H26N4O/c1-21-20(24-16-13-17-9-4-2-5-10-17)23-15-8-14-22-19(25)18-11-6-3-7-12-18/h2-7,9-12H,8,13-16H2,1H3,(H,22,25)(H2,21,23,24). The van der Waals surface area contributed by atoms with Crippen LogP contribution in [0.5, 0.6) is 0 Å². The van der Waals surface area contributed by atoms with Gasteiger partial charge in [0.2, 0.25) is 0 Å². The quantitative estimate of drug-likeness (QED) is 0.393. The Morgan fingerprint density at radius 3 is 2.12 bits per heavy atom. The molecule has 0 aliphatic rings. The maximum Gasteiger partial charge on any atom is 0.251 e. The highest BCUT2D eigenvalue weighted by Crippen LogP contribution is 1.98. The normalized spacial score (nSPS) is 11.0. The molecule has 0 saturated carbocycles. The summed E-state index contributed by atoms with van der Waals surface area (Å²) in [4.78, 5) is 16.1. The Balaban J connectivity index is 1.57. The summed E-state index contributed by atoms with van der Waals surface area (Å²) in [5.41, 5.74) is 1.99. The van der Waals surface area contributed by atoms with Crippen LogP contribution in [-0.4, -0.2) is 38.5 Å². The Hall–Kier alpha value is -2.82. The van der Waals surface area contributed by atoms with Crippen molar-refractivity contribution in [2.75, 3.05) is 26.7 Å². The van der Waals surface area contributed by atoms with Crippen LogP contribution in [0, 0.1) is 0 Å². The fourth-order valence-corrected chi connectivity index (χ4v) is 2.38. The lowest BCUT2D eigenvalue weighted by molar-refractivity contribution is 0.0953. The van der Waals surface area contributed by atoms with Crippen molar-refractivity contribution < 1.29 is 4.79 Å². The first-order chi connectivity index (χ1) is 12.3. The van der Waals surface area contributed by atoms with E-state index in [1.165, 1.54) is 5.56 Å². The van der Waals surface area contributed by atoms with E-state index in [2.05, 4.69) is 33.1 Å². The molecule has 5 heteroatoms. The van der Waals surface area contributed by atoms with Crippen LogP contribution in [0.2, 0.25) is 0 Å². The van der Waals surface area contributed by atoms with Gasteiger partial charge in [-0.2, -0.15) is 0 Å². The molecule has 0 aliphatic heterocycles. The van der Waals surface area contributed by atoms with Crippen LogP contribution in [0.4, 0.5) is 0 Å². The van der Waals surface area contributed by atoms with E-state index in [0.717, 1.165) is 31.9 Å². The second kappa shape index (κ2) is 10.9. The van der Waals surface area contributed by atoms with Gasteiger partial charge in [-0.1, -0.05) is 48.5 Å². The van der Waals surface area contributed by atoms with E-state index < -0.39 is 0 Å². The smallest absolute Gasteiger partial charge is 0.251 e. The number of hydrogen-bond donors (Lipinski definition) is 3. The van der Waals surface area contributed by atoms with E-state index in [-0.39, 0.29) is 5.91 Å². The lowest BCUT2D eigenvalue weighted by Gasteiger charge is -2.12.